The lowest BCUT2D eigenvalue weighted by atomic mass is 9.57. The molecule has 5 aliphatic heterocycles. The minimum atomic E-state index is -4.58. The highest BCUT2D eigenvalue weighted by Crippen LogP contribution is 2.50. The molecule has 6 aliphatic rings. The van der Waals surface area contributed by atoms with Crippen LogP contribution >= 0.6 is 0 Å². The summed E-state index contributed by atoms with van der Waals surface area (Å²) in [5, 5.41) is 25.1. The van der Waals surface area contributed by atoms with Crippen molar-refractivity contribution in [2.45, 2.75) is 88.9 Å². The zero-order valence-corrected chi connectivity index (χ0v) is 38.2. The second-order valence-corrected chi connectivity index (χ2v) is 20.5. The van der Waals surface area contributed by atoms with E-state index in [1.165, 1.54) is 21.8 Å². The molecule has 0 bridgehead atoms. The topological polar surface area (TPSA) is 149 Å². The fraction of sp³-hybridized carbons (Fsp3) is 0.500. The average molecular weight is 932 g/mol. The summed E-state index contributed by atoms with van der Waals surface area (Å²) >= 11 is 0. The summed E-state index contributed by atoms with van der Waals surface area (Å²) in [6.07, 6.45) is 4.51. The van der Waals surface area contributed by atoms with Gasteiger partial charge in [-0.05, 0) is 112 Å². The monoisotopic (exact) mass is 931 g/mol. The molecule has 14 nitrogen and oxygen atoms in total. The first-order valence-electron chi connectivity index (χ1n) is 23.7. The fourth-order valence-corrected chi connectivity index (χ4v) is 12.2. The highest BCUT2D eigenvalue weighted by atomic mass is 19.4. The van der Waals surface area contributed by atoms with Crippen LogP contribution in [0.25, 0.3) is 16.6 Å². The van der Waals surface area contributed by atoms with Crippen molar-refractivity contribution in [1.29, 1.82) is 5.26 Å². The summed E-state index contributed by atoms with van der Waals surface area (Å²) in [5.41, 5.74) is 3.22. The highest BCUT2D eigenvalue weighted by Gasteiger charge is 2.48. The number of aryl methyl sites for hydroxylation is 2. The van der Waals surface area contributed by atoms with Crippen molar-refractivity contribution in [1.82, 2.24) is 39.7 Å². The molecule has 5 aromatic rings. The molecule has 7 heterocycles. The van der Waals surface area contributed by atoms with E-state index in [4.69, 9.17) is 5.10 Å². The van der Waals surface area contributed by atoms with E-state index in [-0.39, 0.29) is 58.9 Å². The number of likely N-dealkylation sites (tertiary alicyclic amines) is 1. The van der Waals surface area contributed by atoms with Crippen LogP contribution in [0, 0.1) is 41.3 Å². The molecule has 1 unspecified atom stereocenters. The average Bonchev–Trinajstić information content (AvgIpc) is 4.02. The van der Waals surface area contributed by atoms with Crippen LogP contribution in [0.2, 0.25) is 0 Å². The standard InChI is InChI=1S/C50H53F4N11O3/c1-30-16-41(45(51)37-25-64(47(68)44(30)37)40-6-7-43(66)57-46(40)67)62-12-8-31(9-13-62)24-61-14-10-48(11-15-61)27-63(28-48)35-18-38(50(52,53)54)36-26-65(59-39(36)19-35)34-5-3-4-33(17-34)49(20-32(21-49)23-55)22-42-58-56-29-60(42)2/h3-5,16-19,26,29,31-32,40H,6-15,20-22,24-25,27-28H2,1-2H3,(H,57,66,67). The molecule has 1 spiro atoms. The summed E-state index contributed by atoms with van der Waals surface area (Å²) < 4.78 is 64.0. The number of aromatic nitrogens is 5. The fourth-order valence-electron chi connectivity index (χ4n) is 12.2. The number of carbonyl (C=O) groups excluding carboxylic acids is 3. The third-order valence-electron chi connectivity index (χ3n) is 16.1. The Kier molecular flexibility index (Phi) is 10.7. The van der Waals surface area contributed by atoms with Crippen LogP contribution in [0.5, 0.6) is 0 Å². The van der Waals surface area contributed by atoms with Gasteiger partial charge in [0.1, 0.15) is 18.2 Å². The SMILES string of the molecule is Cc1cc(N2CCC(CN3CCC4(CC3)CN(c3cc(C(F)(F)F)c5cn(-c6cccc(C7(Cc8nncn8C)CC(C#N)C7)c6)nc5c3)C4)CC2)c(F)c2c1C(=O)N(C1CCC(=O)NC1=O)C2. The van der Waals surface area contributed by atoms with Gasteiger partial charge in [0, 0.05) is 92.2 Å². The molecule has 4 saturated heterocycles. The Balaban J connectivity index is 0.715. The third-order valence-corrected chi connectivity index (χ3v) is 16.1. The van der Waals surface area contributed by atoms with E-state index >= 15 is 4.39 Å². The van der Waals surface area contributed by atoms with Crippen molar-refractivity contribution in [2.24, 2.45) is 24.3 Å². The van der Waals surface area contributed by atoms with Gasteiger partial charge >= 0.3 is 6.18 Å². The summed E-state index contributed by atoms with van der Waals surface area (Å²) in [6, 6.07) is 14.1. The van der Waals surface area contributed by atoms with Gasteiger partial charge in [-0.25, -0.2) is 9.07 Å². The van der Waals surface area contributed by atoms with Crippen molar-refractivity contribution < 1.29 is 31.9 Å². The molecule has 3 aromatic carbocycles. The van der Waals surface area contributed by atoms with E-state index in [9.17, 15) is 32.8 Å². The summed E-state index contributed by atoms with van der Waals surface area (Å²) in [5.74, 6) is -0.521. The maximum absolute atomic E-state index is 16.2. The van der Waals surface area contributed by atoms with Crippen LogP contribution in [-0.2, 0) is 41.2 Å². The van der Waals surface area contributed by atoms with E-state index in [0.29, 0.717) is 85.1 Å². The molecule has 1 N–H and O–H groups in total. The minimum absolute atomic E-state index is 0.00246. The number of nitrogens with one attached hydrogen (secondary N) is 1. The number of fused-ring (bicyclic) bond motifs is 2. The van der Waals surface area contributed by atoms with E-state index in [1.54, 1.807) is 18.5 Å². The molecular formula is C50H53F4N11O3. The third kappa shape index (κ3) is 7.66. The number of hydrogen-bond donors (Lipinski definition) is 1. The Morgan fingerprint density at radius 1 is 0.956 bits per heavy atom. The van der Waals surface area contributed by atoms with Gasteiger partial charge in [-0.3, -0.25) is 19.7 Å². The molecule has 5 fully saturated rings. The molecule has 11 rings (SSSR count). The number of piperidine rings is 3. The predicted octanol–water partition coefficient (Wildman–Crippen LogP) is 6.61. The zero-order chi connectivity index (χ0) is 47.3. The van der Waals surface area contributed by atoms with Gasteiger partial charge in [0.05, 0.1) is 40.6 Å². The Bertz CT molecular complexity index is 2890. The van der Waals surface area contributed by atoms with Crippen molar-refractivity contribution in [3.05, 3.63) is 94.4 Å². The number of hydrogen-bond acceptors (Lipinski definition) is 10. The van der Waals surface area contributed by atoms with Crippen molar-refractivity contribution in [2.75, 3.05) is 55.6 Å². The molecular weight excluding hydrogens is 879 g/mol. The number of rotatable bonds is 9. The molecule has 2 aromatic heterocycles. The number of halogens is 4. The maximum Gasteiger partial charge on any atom is 0.417 e. The molecule has 354 valence electrons. The Morgan fingerprint density at radius 3 is 2.41 bits per heavy atom. The number of anilines is 2. The lowest BCUT2D eigenvalue weighted by molar-refractivity contribution is -0.137. The van der Waals surface area contributed by atoms with E-state index in [0.717, 1.165) is 56.7 Å². The number of benzene rings is 3. The van der Waals surface area contributed by atoms with Crippen LogP contribution < -0.4 is 15.1 Å². The van der Waals surface area contributed by atoms with E-state index < -0.39 is 29.5 Å². The number of carbonyl (C=O) groups is 3. The van der Waals surface area contributed by atoms with Gasteiger partial charge in [0.25, 0.3) is 5.91 Å². The largest absolute Gasteiger partial charge is 0.417 e. The van der Waals surface area contributed by atoms with E-state index in [2.05, 4.69) is 36.3 Å². The molecule has 3 amide bonds. The summed E-state index contributed by atoms with van der Waals surface area (Å²) in [6.45, 7) is 7.31. The van der Waals surface area contributed by atoms with Gasteiger partial charge < -0.3 is 24.2 Å². The Morgan fingerprint density at radius 2 is 1.72 bits per heavy atom. The first-order valence-corrected chi connectivity index (χ1v) is 23.7. The highest BCUT2D eigenvalue weighted by molar-refractivity contribution is 6.06. The minimum Gasteiger partial charge on any atom is -0.370 e. The molecule has 1 aliphatic carbocycles. The number of imide groups is 1. The molecule has 1 atom stereocenters. The first-order chi connectivity index (χ1) is 32.6. The summed E-state index contributed by atoms with van der Waals surface area (Å²) in [4.78, 5) is 45.7. The second kappa shape index (κ2) is 16.4. The maximum atomic E-state index is 16.2. The van der Waals surface area contributed by atoms with Crippen LogP contribution in [-0.4, -0.2) is 104 Å². The molecule has 0 radical (unpaired) electrons. The van der Waals surface area contributed by atoms with Gasteiger partial charge in [0.2, 0.25) is 11.8 Å². The van der Waals surface area contributed by atoms with Gasteiger partial charge in [-0.15, -0.1) is 10.2 Å². The van der Waals surface area contributed by atoms with Crippen LogP contribution in [0.15, 0.2) is 55.0 Å². The van der Waals surface area contributed by atoms with Crippen molar-refractivity contribution in [3.8, 4) is 11.8 Å². The lowest BCUT2D eigenvalue weighted by Gasteiger charge is -2.55. The van der Waals surface area contributed by atoms with Crippen molar-refractivity contribution >= 4 is 40.0 Å². The second-order valence-electron chi connectivity index (χ2n) is 20.5. The first kappa shape index (κ1) is 44.2. The smallest absolute Gasteiger partial charge is 0.370 e. The number of alkyl halides is 3. The van der Waals surface area contributed by atoms with Gasteiger partial charge in [-0.2, -0.15) is 23.5 Å². The summed E-state index contributed by atoms with van der Waals surface area (Å²) in [7, 11) is 1.89. The van der Waals surface area contributed by atoms with Gasteiger partial charge in [0.15, 0.2) is 5.82 Å². The normalized spacial score (nSPS) is 24.3. The van der Waals surface area contributed by atoms with Crippen LogP contribution in [0.3, 0.4) is 0 Å². The van der Waals surface area contributed by atoms with E-state index in [1.807, 2.05) is 42.8 Å². The number of nitriles is 1. The van der Waals surface area contributed by atoms with Crippen molar-refractivity contribution in [3.63, 3.8) is 0 Å². The predicted molar refractivity (Wildman–Crippen MR) is 243 cm³/mol. The Hall–Kier alpha value is -6.35. The lowest BCUT2D eigenvalue weighted by Crippen LogP contribution is -2.60. The molecule has 1 saturated carbocycles. The van der Waals surface area contributed by atoms with Gasteiger partial charge in [-0.1, -0.05) is 12.1 Å². The Labute approximate surface area is 390 Å². The number of amides is 3. The molecule has 18 heteroatoms. The van der Waals surface area contributed by atoms with Crippen LogP contribution in [0.4, 0.5) is 28.9 Å². The van der Waals surface area contributed by atoms with Crippen LogP contribution in [0.1, 0.15) is 89.8 Å². The molecule has 68 heavy (non-hydrogen) atoms. The number of nitrogens with zero attached hydrogens (tertiary/aromatic N) is 10. The zero-order valence-electron chi connectivity index (χ0n) is 38.2. The quantitative estimate of drug-likeness (QED) is 0.127.